The normalized spacial score (nSPS) is 10.1. The lowest BCUT2D eigenvalue weighted by molar-refractivity contribution is 0.358. The van der Waals surface area contributed by atoms with Gasteiger partial charge in [-0.15, -0.1) is 0 Å². The summed E-state index contributed by atoms with van der Waals surface area (Å²) in [7, 11) is 0. The van der Waals surface area contributed by atoms with Crippen molar-refractivity contribution < 1.29 is 4.74 Å². The standard InChI is InChI=1S/C14H21NO/c1-4-8-15-11-13-10-12(3)6-7-14(13)16-9-5-2/h5-7,10,15H,2,4,8-9,11H2,1,3H3. The van der Waals surface area contributed by atoms with Crippen molar-refractivity contribution in [1.29, 1.82) is 0 Å². The largest absolute Gasteiger partial charge is 0.489 e. The molecule has 0 aliphatic heterocycles. The molecule has 88 valence electrons. The maximum absolute atomic E-state index is 5.61. The molecular weight excluding hydrogens is 198 g/mol. The molecule has 1 N–H and O–H groups in total. The van der Waals surface area contributed by atoms with Crippen molar-refractivity contribution in [3.05, 3.63) is 42.0 Å². The van der Waals surface area contributed by atoms with Gasteiger partial charge in [-0.05, 0) is 26.0 Å². The highest BCUT2D eigenvalue weighted by atomic mass is 16.5. The molecule has 0 aromatic heterocycles. The Hall–Kier alpha value is -1.28. The van der Waals surface area contributed by atoms with E-state index in [1.807, 2.05) is 6.07 Å². The average Bonchev–Trinajstić information content (AvgIpc) is 2.28. The molecule has 16 heavy (non-hydrogen) atoms. The number of benzene rings is 1. The van der Waals surface area contributed by atoms with Gasteiger partial charge < -0.3 is 10.1 Å². The minimum Gasteiger partial charge on any atom is -0.489 e. The molecule has 0 spiro atoms. The first-order valence-electron chi connectivity index (χ1n) is 5.82. The van der Waals surface area contributed by atoms with Crippen LogP contribution in [0.1, 0.15) is 24.5 Å². The second kappa shape index (κ2) is 7.07. The van der Waals surface area contributed by atoms with Crippen molar-refractivity contribution in [2.24, 2.45) is 0 Å². The molecule has 0 saturated heterocycles. The molecule has 0 heterocycles. The first-order chi connectivity index (χ1) is 7.77. The van der Waals surface area contributed by atoms with Crippen molar-refractivity contribution >= 4 is 0 Å². The highest BCUT2D eigenvalue weighted by molar-refractivity contribution is 5.36. The zero-order valence-electron chi connectivity index (χ0n) is 10.3. The Morgan fingerprint density at radius 3 is 2.94 bits per heavy atom. The van der Waals surface area contributed by atoms with Gasteiger partial charge in [-0.3, -0.25) is 0 Å². The highest BCUT2D eigenvalue weighted by Crippen LogP contribution is 2.19. The maximum Gasteiger partial charge on any atom is 0.124 e. The van der Waals surface area contributed by atoms with E-state index >= 15 is 0 Å². The fourth-order valence-corrected chi connectivity index (χ4v) is 1.54. The van der Waals surface area contributed by atoms with E-state index in [0.717, 1.165) is 25.3 Å². The molecule has 0 amide bonds. The SMILES string of the molecule is C=CCOc1ccc(C)cc1CNCCC. The molecule has 1 aromatic carbocycles. The van der Waals surface area contributed by atoms with Crippen LogP contribution in [0.3, 0.4) is 0 Å². The molecule has 0 saturated carbocycles. The van der Waals surface area contributed by atoms with Gasteiger partial charge in [0.25, 0.3) is 0 Å². The zero-order valence-corrected chi connectivity index (χ0v) is 10.3. The molecular formula is C14H21NO. The summed E-state index contributed by atoms with van der Waals surface area (Å²) in [6.45, 7) is 10.4. The van der Waals surface area contributed by atoms with Crippen LogP contribution >= 0.6 is 0 Å². The lowest BCUT2D eigenvalue weighted by atomic mass is 10.1. The zero-order chi connectivity index (χ0) is 11.8. The minimum atomic E-state index is 0.559. The van der Waals surface area contributed by atoms with Crippen LogP contribution in [0.2, 0.25) is 0 Å². The van der Waals surface area contributed by atoms with E-state index in [2.05, 4.69) is 37.9 Å². The Kier molecular flexibility index (Phi) is 5.65. The summed E-state index contributed by atoms with van der Waals surface area (Å²) < 4.78 is 5.61. The van der Waals surface area contributed by atoms with E-state index in [0.29, 0.717) is 6.61 Å². The van der Waals surface area contributed by atoms with Crippen molar-refractivity contribution in [2.45, 2.75) is 26.8 Å². The average molecular weight is 219 g/mol. The van der Waals surface area contributed by atoms with Crippen LogP contribution in [-0.2, 0) is 6.54 Å². The summed E-state index contributed by atoms with van der Waals surface area (Å²) in [4.78, 5) is 0. The summed E-state index contributed by atoms with van der Waals surface area (Å²) in [5, 5.41) is 3.39. The second-order valence-electron chi connectivity index (χ2n) is 3.89. The third-order valence-corrected chi connectivity index (χ3v) is 2.31. The Labute approximate surface area is 98.3 Å². The van der Waals surface area contributed by atoms with E-state index in [1.54, 1.807) is 6.08 Å². The minimum absolute atomic E-state index is 0.559. The van der Waals surface area contributed by atoms with Gasteiger partial charge in [0, 0.05) is 12.1 Å². The number of hydrogen-bond acceptors (Lipinski definition) is 2. The molecule has 1 aromatic rings. The summed E-state index contributed by atoms with van der Waals surface area (Å²) in [6.07, 6.45) is 2.91. The molecule has 2 heteroatoms. The molecule has 0 radical (unpaired) electrons. The Bertz CT molecular complexity index is 334. The topological polar surface area (TPSA) is 21.3 Å². The summed E-state index contributed by atoms with van der Waals surface area (Å²) in [5.74, 6) is 0.953. The molecule has 2 nitrogen and oxygen atoms in total. The molecule has 0 aliphatic carbocycles. The molecule has 0 fully saturated rings. The van der Waals surface area contributed by atoms with Crippen LogP contribution in [0.5, 0.6) is 5.75 Å². The van der Waals surface area contributed by atoms with Crippen LogP contribution in [0.25, 0.3) is 0 Å². The quantitative estimate of drug-likeness (QED) is 0.562. The van der Waals surface area contributed by atoms with Crippen LogP contribution in [0.4, 0.5) is 0 Å². The van der Waals surface area contributed by atoms with E-state index in [1.165, 1.54) is 11.1 Å². The van der Waals surface area contributed by atoms with Crippen molar-refractivity contribution in [3.63, 3.8) is 0 Å². The molecule has 0 aliphatic rings. The lowest BCUT2D eigenvalue weighted by Gasteiger charge is -2.11. The van der Waals surface area contributed by atoms with Crippen molar-refractivity contribution in [2.75, 3.05) is 13.2 Å². The van der Waals surface area contributed by atoms with E-state index < -0.39 is 0 Å². The summed E-state index contributed by atoms with van der Waals surface area (Å²) in [6, 6.07) is 6.27. The lowest BCUT2D eigenvalue weighted by Crippen LogP contribution is -2.14. The van der Waals surface area contributed by atoms with Gasteiger partial charge in [0.05, 0.1) is 0 Å². The molecule has 1 rings (SSSR count). The molecule has 0 bridgehead atoms. The van der Waals surface area contributed by atoms with Gasteiger partial charge in [-0.1, -0.05) is 37.3 Å². The fraction of sp³-hybridized carbons (Fsp3) is 0.429. The van der Waals surface area contributed by atoms with Gasteiger partial charge >= 0.3 is 0 Å². The Morgan fingerprint density at radius 1 is 1.44 bits per heavy atom. The van der Waals surface area contributed by atoms with Gasteiger partial charge in [0.2, 0.25) is 0 Å². The number of ether oxygens (including phenoxy) is 1. The van der Waals surface area contributed by atoms with Gasteiger partial charge in [-0.25, -0.2) is 0 Å². The smallest absolute Gasteiger partial charge is 0.124 e. The Morgan fingerprint density at radius 2 is 2.25 bits per heavy atom. The van der Waals surface area contributed by atoms with Gasteiger partial charge in [-0.2, -0.15) is 0 Å². The van der Waals surface area contributed by atoms with Crippen molar-refractivity contribution in [3.8, 4) is 5.75 Å². The highest BCUT2D eigenvalue weighted by Gasteiger charge is 2.02. The molecule has 0 atom stereocenters. The van der Waals surface area contributed by atoms with E-state index in [9.17, 15) is 0 Å². The van der Waals surface area contributed by atoms with Crippen LogP contribution in [-0.4, -0.2) is 13.2 Å². The number of hydrogen-bond donors (Lipinski definition) is 1. The predicted octanol–water partition coefficient (Wildman–Crippen LogP) is 3.06. The Balaban J connectivity index is 2.68. The third kappa shape index (κ3) is 4.07. The van der Waals surface area contributed by atoms with E-state index in [-0.39, 0.29) is 0 Å². The second-order valence-corrected chi connectivity index (χ2v) is 3.89. The van der Waals surface area contributed by atoms with E-state index in [4.69, 9.17) is 4.74 Å². The number of rotatable bonds is 7. The third-order valence-electron chi connectivity index (χ3n) is 2.31. The molecule has 0 unspecified atom stereocenters. The number of aryl methyl sites for hydroxylation is 1. The van der Waals surface area contributed by atoms with Gasteiger partial charge in [0.1, 0.15) is 12.4 Å². The van der Waals surface area contributed by atoms with Gasteiger partial charge in [0.15, 0.2) is 0 Å². The van der Waals surface area contributed by atoms with Crippen LogP contribution < -0.4 is 10.1 Å². The predicted molar refractivity (Wildman–Crippen MR) is 68.9 cm³/mol. The first-order valence-corrected chi connectivity index (χ1v) is 5.82. The monoisotopic (exact) mass is 219 g/mol. The van der Waals surface area contributed by atoms with Crippen molar-refractivity contribution in [1.82, 2.24) is 5.32 Å². The van der Waals surface area contributed by atoms with Crippen LogP contribution in [0, 0.1) is 6.92 Å². The maximum atomic E-state index is 5.61. The number of nitrogens with one attached hydrogen (secondary N) is 1. The summed E-state index contributed by atoms with van der Waals surface area (Å²) >= 11 is 0. The summed E-state index contributed by atoms with van der Waals surface area (Å²) in [5.41, 5.74) is 2.48. The van der Waals surface area contributed by atoms with Crippen LogP contribution in [0.15, 0.2) is 30.9 Å². The first kappa shape index (κ1) is 12.8. The fourth-order valence-electron chi connectivity index (χ4n) is 1.54.